The Morgan fingerprint density at radius 2 is 2.00 bits per heavy atom. The van der Waals surface area contributed by atoms with E-state index in [4.69, 9.17) is 4.42 Å². The molecule has 0 saturated heterocycles. The van der Waals surface area contributed by atoms with E-state index in [2.05, 4.69) is 33.2 Å². The molecular weight excluding hydrogens is 352 g/mol. The fourth-order valence-electron chi connectivity index (χ4n) is 2.47. The molecule has 1 atom stereocenters. The molecule has 0 bridgehead atoms. The number of benzene rings is 1. The summed E-state index contributed by atoms with van der Waals surface area (Å²) in [6.07, 6.45) is 2.63. The van der Waals surface area contributed by atoms with Crippen LogP contribution < -0.4 is 0 Å². The molecule has 0 aliphatic heterocycles. The maximum Gasteiger partial charge on any atom is 0.247 e. The SMILES string of the molecule is CCc1cc2c(S[C@@H](C)c3nnc(-c4ccccc4)o3)ncnc2s1. The second-order valence-corrected chi connectivity index (χ2v) is 7.98. The van der Waals surface area contributed by atoms with E-state index in [1.807, 2.05) is 37.3 Å². The summed E-state index contributed by atoms with van der Waals surface area (Å²) >= 11 is 3.34. The maximum absolute atomic E-state index is 5.86. The monoisotopic (exact) mass is 368 g/mol. The zero-order chi connectivity index (χ0) is 17.2. The molecule has 0 unspecified atom stereocenters. The van der Waals surface area contributed by atoms with Gasteiger partial charge in [0.05, 0.1) is 5.25 Å². The van der Waals surface area contributed by atoms with E-state index in [1.54, 1.807) is 29.4 Å². The summed E-state index contributed by atoms with van der Waals surface area (Å²) in [6, 6.07) is 12.0. The number of nitrogens with zero attached hydrogens (tertiary/aromatic N) is 4. The van der Waals surface area contributed by atoms with Gasteiger partial charge in [-0.2, -0.15) is 0 Å². The van der Waals surface area contributed by atoms with Crippen LogP contribution >= 0.6 is 23.1 Å². The van der Waals surface area contributed by atoms with Gasteiger partial charge in [0.1, 0.15) is 16.2 Å². The van der Waals surface area contributed by atoms with Crippen molar-refractivity contribution in [2.75, 3.05) is 0 Å². The molecule has 0 spiro atoms. The van der Waals surface area contributed by atoms with Gasteiger partial charge in [0, 0.05) is 15.8 Å². The van der Waals surface area contributed by atoms with Crippen LogP contribution in [0.15, 0.2) is 52.2 Å². The average molecular weight is 368 g/mol. The quantitative estimate of drug-likeness (QED) is 0.358. The molecule has 4 rings (SSSR count). The fourth-order valence-corrected chi connectivity index (χ4v) is 4.39. The van der Waals surface area contributed by atoms with E-state index in [9.17, 15) is 0 Å². The van der Waals surface area contributed by atoms with E-state index in [0.717, 1.165) is 27.2 Å². The lowest BCUT2D eigenvalue weighted by molar-refractivity contribution is 0.509. The van der Waals surface area contributed by atoms with Crippen molar-refractivity contribution in [3.8, 4) is 11.5 Å². The summed E-state index contributed by atoms with van der Waals surface area (Å²) in [6.45, 7) is 4.20. The van der Waals surface area contributed by atoms with E-state index in [0.29, 0.717) is 11.8 Å². The molecule has 5 nitrogen and oxygen atoms in total. The van der Waals surface area contributed by atoms with Crippen molar-refractivity contribution in [3.63, 3.8) is 0 Å². The molecule has 0 N–H and O–H groups in total. The molecule has 126 valence electrons. The third kappa shape index (κ3) is 3.29. The topological polar surface area (TPSA) is 64.7 Å². The first-order valence-corrected chi connectivity index (χ1v) is 9.73. The van der Waals surface area contributed by atoms with Crippen LogP contribution in [0.5, 0.6) is 0 Å². The van der Waals surface area contributed by atoms with E-state index < -0.39 is 0 Å². The number of hydrogen-bond acceptors (Lipinski definition) is 7. The average Bonchev–Trinajstić information content (AvgIpc) is 3.30. The number of thiophene rings is 1. The van der Waals surface area contributed by atoms with Gasteiger partial charge in [-0.05, 0) is 31.5 Å². The van der Waals surface area contributed by atoms with Crippen LogP contribution in [0.1, 0.15) is 29.9 Å². The van der Waals surface area contributed by atoms with Crippen molar-refractivity contribution in [1.82, 2.24) is 20.2 Å². The number of aromatic nitrogens is 4. The van der Waals surface area contributed by atoms with Crippen molar-refractivity contribution >= 4 is 33.3 Å². The highest BCUT2D eigenvalue weighted by molar-refractivity contribution is 7.99. The Kier molecular flexibility index (Phi) is 4.50. The van der Waals surface area contributed by atoms with Crippen molar-refractivity contribution < 1.29 is 4.42 Å². The maximum atomic E-state index is 5.86. The Hall–Kier alpha value is -2.25. The normalized spacial score (nSPS) is 12.6. The van der Waals surface area contributed by atoms with E-state index >= 15 is 0 Å². The molecule has 7 heteroatoms. The van der Waals surface area contributed by atoms with Gasteiger partial charge in [-0.25, -0.2) is 9.97 Å². The molecule has 3 heterocycles. The van der Waals surface area contributed by atoms with Gasteiger partial charge in [0.15, 0.2) is 0 Å². The van der Waals surface area contributed by atoms with Gasteiger partial charge in [-0.3, -0.25) is 0 Å². The highest BCUT2D eigenvalue weighted by Crippen LogP contribution is 2.38. The van der Waals surface area contributed by atoms with Gasteiger partial charge in [0.2, 0.25) is 11.8 Å². The lowest BCUT2D eigenvalue weighted by Crippen LogP contribution is -1.91. The Bertz CT molecular complexity index is 997. The second-order valence-electron chi connectivity index (χ2n) is 5.54. The van der Waals surface area contributed by atoms with Crippen molar-refractivity contribution in [2.24, 2.45) is 0 Å². The smallest absolute Gasteiger partial charge is 0.247 e. The minimum absolute atomic E-state index is 0.00744. The summed E-state index contributed by atoms with van der Waals surface area (Å²) < 4.78 is 5.86. The highest BCUT2D eigenvalue weighted by Gasteiger charge is 2.19. The van der Waals surface area contributed by atoms with Crippen molar-refractivity contribution in [2.45, 2.75) is 30.5 Å². The molecular formula is C18H16N4OS2. The van der Waals surface area contributed by atoms with Crippen LogP contribution in [-0.4, -0.2) is 20.2 Å². The van der Waals surface area contributed by atoms with Crippen LogP contribution in [0.25, 0.3) is 21.7 Å². The minimum atomic E-state index is 0.00744. The summed E-state index contributed by atoms with van der Waals surface area (Å²) in [5.74, 6) is 1.14. The molecule has 0 radical (unpaired) electrons. The van der Waals surface area contributed by atoms with Gasteiger partial charge in [-0.1, -0.05) is 36.9 Å². The fraction of sp³-hybridized carbons (Fsp3) is 0.222. The number of hydrogen-bond donors (Lipinski definition) is 0. The second kappa shape index (κ2) is 6.93. The van der Waals surface area contributed by atoms with Crippen molar-refractivity contribution in [1.29, 1.82) is 0 Å². The number of rotatable bonds is 5. The van der Waals surface area contributed by atoms with Gasteiger partial charge in [-0.15, -0.1) is 21.5 Å². The number of aryl methyl sites for hydroxylation is 1. The third-order valence-corrected chi connectivity index (χ3v) is 6.08. The molecule has 1 aromatic carbocycles. The lowest BCUT2D eigenvalue weighted by Gasteiger charge is -2.06. The standard InChI is InChI=1S/C18H16N4OS2/c1-3-13-9-14-17(19-10-20-18(14)25-13)24-11(2)15-21-22-16(23-15)12-7-5-4-6-8-12/h4-11H,3H2,1-2H3/t11-/m0/s1. The molecule has 0 fully saturated rings. The van der Waals surface area contributed by atoms with Crippen LogP contribution in [0.2, 0.25) is 0 Å². The first-order chi connectivity index (χ1) is 12.2. The summed E-state index contributed by atoms with van der Waals surface area (Å²) in [4.78, 5) is 11.2. The third-order valence-electron chi connectivity index (χ3n) is 3.79. The lowest BCUT2D eigenvalue weighted by atomic mass is 10.2. The molecule has 0 saturated carbocycles. The Morgan fingerprint density at radius 1 is 1.16 bits per heavy atom. The summed E-state index contributed by atoms with van der Waals surface area (Å²) in [7, 11) is 0. The predicted molar refractivity (Wildman–Crippen MR) is 101 cm³/mol. The molecule has 4 aromatic rings. The van der Waals surface area contributed by atoms with Crippen LogP contribution in [0.3, 0.4) is 0 Å². The number of fused-ring (bicyclic) bond motifs is 1. The van der Waals surface area contributed by atoms with Crippen molar-refractivity contribution in [3.05, 3.63) is 53.5 Å². The van der Waals surface area contributed by atoms with E-state index in [-0.39, 0.29) is 5.25 Å². The predicted octanol–water partition coefficient (Wildman–Crippen LogP) is 5.16. The largest absolute Gasteiger partial charge is 0.419 e. The van der Waals surface area contributed by atoms with Crippen LogP contribution in [-0.2, 0) is 6.42 Å². The first-order valence-electron chi connectivity index (χ1n) is 8.03. The van der Waals surface area contributed by atoms with Crippen LogP contribution in [0, 0.1) is 0 Å². The molecule has 25 heavy (non-hydrogen) atoms. The highest BCUT2D eigenvalue weighted by atomic mass is 32.2. The molecule has 0 aliphatic carbocycles. The van der Waals surface area contributed by atoms with Gasteiger partial charge < -0.3 is 4.42 Å². The van der Waals surface area contributed by atoms with Crippen LogP contribution in [0.4, 0.5) is 0 Å². The zero-order valence-corrected chi connectivity index (χ0v) is 15.5. The zero-order valence-electron chi connectivity index (χ0n) is 13.8. The number of thioether (sulfide) groups is 1. The Labute approximate surface area is 153 Å². The minimum Gasteiger partial charge on any atom is -0.419 e. The van der Waals surface area contributed by atoms with Gasteiger partial charge >= 0.3 is 0 Å². The first kappa shape index (κ1) is 16.2. The van der Waals surface area contributed by atoms with E-state index in [1.165, 1.54) is 4.88 Å². The molecule has 0 aliphatic rings. The Balaban J connectivity index is 1.59. The summed E-state index contributed by atoms with van der Waals surface area (Å²) in [5.41, 5.74) is 0.924. The van der Waals surface area contributed by atoms with Gasteiger partial charge in [0.25, 0.3) is 0 Å². The molecule has 3 aromatic heterocycles. The summed E-state index contributed by atoms with van der Waals surface area (Å²) in [5, 5.41) is 10.4. The Morgan fingerprint density at radius 3 is 2.80 bits per heavy atom. The molecule has 0 amide bonds.